The van der Waals surface area contributed by atoms with Crippen LogP contribution in [-0.2, 0) is 18.4 Å². The Bertz CT molecular complexity index is 912. The van der Waals surface area contributed by atoms with Gasteiger partial charge in [-0.2, -0.15) is 0 Å². The number of aromatic nitrogens is 1. The molecular weight excluding hydrogens is 347 g/mol. The molecule has 27 heavy (non-hydrogen) atoms. The van der Waals surface area contributed by atoms with Crippen molar-refractivity contribution in [2.45, 2.75) is 44.1 Å². The smallest absolute Gasteiger partial charge is 0.261 e. The van der Waals surface area contributed by atoms with Crippen molar-refractivity contribution in [3.63, 3.8) is 0 Å². The number of rotatable bonds is 2. The van der Waals surface area contributed by atoms with E-state index in [0.717, 1.165) is 36.9 Å². The summed E-state index contributed by atoms with van der Waals surface area (Å²) in [7, 11) is 0. The Labute approximate surface area is 156 Å². The van der Waals surface area contributed by atoms with Gasteiger partial charge in [0.25, 0.3) is 11.5 Å². The predicted molar refractivity (Wildman–Crippen MR) is 99.1 cm³/mol. The lowest BCUT2D eigenvalue weighted by molar-refractivity contribution is -0.0212. The summed E-state index contributed by atoms with van der Waals surface area (Å²) in [6.07, 6.45) is 4.58. The molecule has 0 unspecified atom stereocenters. The van der Waals surface area contributed by atoms with Crippen molar-refractivity contribution in [3.8, 4) is 0 Å². The summed E-state index contributed by atoms with van der Waals surface area (Å²) in [6.45, 7) is 0.701. The van der Waals surface area contributed by atoms with Crippen molar-refractivity contribution in [2.75, 3.05) is 13.1 Å². The minimum absolute atomic E-state index is 0.183. The van der Waals surface area contributed by atoms with Crippen molar-refractivity contribution >= 4 is 5.91 Å². The quantitative estimate of drug-likeness (QED) is 0.853. The number of hydrogen-bond acceptors (Lipinski definition) is 3. The standard InChI is InChI=1S/C21H23FN2O3/c22-16-7-5-15(6-8-16)21(27)9-11-24(12-10-21)20(26)17-13-14-3-1-2-4-18(14)23-19(17)25/h5-8,13,27H,1-4,9-12H2,(H,23,25). The van der Waals surface area contributed by atoms with Crippen LogP contribution in [0.15, 0.2) is 35.1 Å². The Morgan fingerprint density at radius 2 is 1.78 bits per heavy atom. The first kappa shape index (κ1) is 17.9. The molecule has 1 aromatic heterocycles. The van der Waals surface area contributed by atoms with Gasteiger partial charge in [0.2, 0.25) is 0 Å². The topological polar surface area (TPSA) is 73.4 Å². The minimum Gasteiger partial charge on any atom is -0.385 e. The van der Waals surface area contributed by atoms with E-state index in [9.17, 15) is 19.1 Å². The molecule has 1 aliphatic carbocycles. The number of amides is 1. The maximum atomic E-state index is 13.1. The second-order valence-corrected chi connectivity index (χ2v) is 7.55. The van der Waals surface area contributed by atoms with E-state index in [-0.39, 0.29) is 22.8 Å². The van der Waals surface area contributed by atoms with E-state index < -0.39 is 5.60 Å². The maximum absolute atomic E-state index is 13.1. The first-order valence-corrected chi connectivity index (χ1v) is 9.49. The Morgan fingerprint density at radius 1 is 1.11 bits per heavy atom. The number of aryl methyl sites for hydroxylation is 2. The fraction of sp³-hybridized carbons (Fsp3) is 0.429. The summed E-state index contributed by atoms with van der Waals surface area (Å²) in [5.74, 6) is -0.632. The number of carbonyl (C=O) groups is 1. The van der Waals surface area contributed by atoms with Crippen LogP contribution in [0.4, 0.5) is 4.39 Å². The molecule has 1 saturated heterocycles. The van der Waals surface area contributed by atoms with Crippen molar-refractivity contribution in [1.29, 1.82) is 0 Å². The monoisotopic (exact) mass is 370 g/mol. The lowest BCUT2D eigenvalue weighted by Crippen LogP contribution is -2.46. The average molecular weight is 370 g/mol. The van der Waals surface area contributed by atoms with E-state index in [1.54, 1.807) is 23.1 Å². The number of carbonyl (C=O) groups excluding carboxylic acids is 1. The zero-order valence-electron chi connectivity index (χ0n) is 15.1. The number of benzene rings is 1. The van der Waals surface area contributed by atoms with Crippen molar-refractivity contribution in [1.82, 2.24) is 9.88 Å². The molecule has 0 radical (unpaired) electrons. The average Bonchev–Trinajstić information content (AvgIpc) is 2.68. The zero-order chi connectivity index (χ0) is 19.0. The molecule has 1 aliphatic heterocycles. The van der Waals surface area contributed by atoms with Crippen LogP contribution in [0.3, 0.4) is 0 Å². The molecule has 6 heteroatoms. The van der Waals surface area contributed by atoms with Crippen LogP contribution in [-0.4, -0.2) is 34.0 Å². The van der Waals surface area contributed by atoms with Gasteiger partial charge in [0.05, 0.1) is 5.60 Å². The molecule has 4 rings (SSSR count). The molecule has 1 amide bonds. The number of piperidine rings is 1. The zero-order valence-corrected chi connectivity index (χ0v) is 15.1. The number of nitrogens with one attached hydrogen (secondary N) is 1. The number of aliphatic hydroxyl groups is 1. The highest BCUT2D eigenvalue weighted by Gasteiger charge is 2.36. The highest BCUT2D eigenvalue weighted by atomic mass is 19.1. The van der Waals surface area contributed by atoms with Gasteiger partial charge >= 0.3 is 0 Å². The van der Waals surface area contributed by atoms with E-state index >= 15 is 0 Å². The molecule has 2 N–H and O–H groups in total. The molecule has 1 fully saturated rings. The van der Waals surface area contributed by atoms with Crippen LogP contribution < -0.4 is 5.56 Å². The number of pyridine rings is 1. The van der Waals surface area contributed by atoms with Crippen molar-refractivity contribution in [3.05, 3.63) is 68.9 Å². The Hall–Kier alpha value is -2.47. The Morgan fingerprint density at radius 3 is 2.48 bits per heavy atom. The van der Waals surface area contributed by atoms with Crippen molar-refractivity contribution in [2.24, 2.45) is 0 Å². The molecule has 2 heterocycles. The number of hydrogen-bond donors (Lipinski definition) is 2. The van der Waals surface area contributed by atoms with Crippen LogP contribution in [0.2, 0.25) is 0 Å². The minimum atomic E-state index is -1.08. The first-order chi connectivity index (χ1) is 13.0. The van der Waals surface area contributed by atoms with Gasteiger partial charge in [-0.25, -0.2) is 4.39 Å². The van der Waals surface area contributed by atoms with Crippen LogP contribution in [0, 0.1) is 5.82 Å². The molecule has 1 aromatic carbocycles. The van der Waals surface area contributed by atoms with Gasteiger partial charge in [-0.05, 0) is 67.9 Å². The Kier molecular flexibility index (Phi) is 4.60. The van der Waals surface area contributed by atoms with Crippen molar-refractivity contribution < 1.29 is 14.3 Å². The van der Waals surface area contributed by atoms with Gasteiger partial charge in [-0.1, -0.05) is 12.1 Å². The fourth-order valence-corrected chi connectivity index (χ4v) is 4.13. The van der Waals surface area contributed by atoms with E-state index in [0.29, 0.717) is 31.5 Å². The third-order valence-electron chi connectivity index (χ3n) is 5.83. The molecule has 5 nitrogen and oxygen atoms in total. The largest absolute Gasteiger partial charge is 0.385 e. The van der Waals surface area contributed by atoms with Gasteiger partial charge in [-0.15, -0.1) is 0 Å². The summed E-state index contributed by atoms with van der Waals surface area (Å²) in [5.41, 5.74) is 1.44. The normalized spacial score (nSPS) is 18.8. The molecule has 2 aromatic rings. The summed E-state index contributed by atoms with van der Waals surface area (Å²) < 4.78 is 13.1. The van der Waals surface area contributed by atoms with Gasteiger partial charge < -0.3 is 15.0 Å². The second-order valence-electron chi connectivity index (χ2n) is 7.55. The Balaban J connectivity index is 1.50. The van der Waals surface area contributed by atoms with Gasteiger partial charge in [-0.3, -0.25) is 9.59 Å². The van der Waals surface area contributed by atoms with E-state index in [1.807, 2.05) is 0 Å². The fourth-order valence-electron chi connectivity index (χ4n) is 4.13. The highest BCUT2D eigenvalue weighted by molar-refractivity contribution is 5.94. The van der Waals surface area contributed by atoms with E-state index in [2.05, 4.69) is 4.98 Å². The lowest BCUT2D eigenvalue weighted by Gasteiger charge is -2.38. The maximum Gasteiger partial charge on any atom is 0.261 e. The number of fused-ring (bicyclic) bond motifs is 1. The first-order valence-electron chi connectivity index (χ1n) is 9.49. The molecule has 0 bridgehead atoms. The summed E-state index contributed by atoms with van der Waals surface area (Å²) in [5, 5.41) is 10.9. The number of nitrogens with zero attached hydrogens (tertiary/aromatic N) is 1. The summed E-state index contributed by atoms with van der Waals surface area (Å²) in [6, 6.07) is 7.58. The second kappa shape index (κ2) is 6.93. The molecule has 142 valence electrons. The van der Waals surface area contributed by atoms with Crippen LogP contribution >= 0.6 is 0 Å². The molecule has 0 spiro atoms. The predicted octanol–water partition coefficient (Wildman–Crippen LogP) is 2.52. The number of halogens is 1. The molecule has 2 aliphatic rings. The van der Waals surface area contributed by atoms with E-state index in [1.165, 1.54) is 12.1 Å². The van der Waals surface area contributed by atoms with E-state index in [4.69, 9.17) is 0 Å². The lowest BCUT2D eigenvalue weighted by atomic mass is 9.84. The molecule has 0 atom stereocenters. The highest BCUT2D eigenvalue weighted by Crippen LogP contribution is 2.33. The van der Waals surface area contributed by atoms with Crippen LogP contribution in [0.25, 0.3) is 0 Å². The summed E-state index contributed by atoms with van der Waals surface area (Å²) >= 11 is 0. The van der Waals surface area contributed by atoms with Crippen LogP contribution in [0.5, 0.6) is 0 Å². The SMILES string of the molecule is O=C(c1cc2c([nH]c1=O)CCCC2)N1CCC(O)(c2ccc(F)cc2)CC1. The third-order valence-corrected chi connectivity index (χ3v) is 5.83. The number of likely N-dealkylation sites (tertiary alicyclic amines) is 1. The molecule has 0 saturated carbocycles. The number of H-pyrrole nitrogens is 1. The van der Waals surface area contributed by atoms with Gasteiger partial charge in [0.1, 0.15) is 11.4 Å². The van der Waals surface area contributed by atoms with Gasteiger partial charge in [0, 0.05) is 18.8 Å². The van der Waals surface area contributed by atoms with Crippen LogP contribution in [0.1, 0.15) is 52.9 Å². The number of aromatic amines is 1. The summed E-state index contributed by atoms with van der Waals surface area (Å²) in [4.78, 5) is 29.7. The molecular formula is C21H23FN2O3. The van der Waals surface area contributed by atoms with Gasteiger partial charge in [0.15, 0.2) is 0 Å². The third kappa shape index (κ3) is 3.41.